The van der Waals surface area contributed by atoms with Gasteiger partial charge in [0.2, 0.25) is 0 Å². The number of carbonyl (C=O) groups is 2. The van der Waals surface area contributed by atoms with Gasteiger partial charge in [-0.1, -0.05) is 12.1 Å². The molecule has 7 nitrogen and oxygen atoms in total. The van der Waals surface area contributed by atoms with Crippen molar-refractivity contribution >= 4 is 42.3 Å². The average Bonchev–Trinajstić information content (AvgIpc) is 2.68. The molecule has 146 valence electrons. The first-order chi connectivity index (χ1) is 12.2. The van der Waals surface area contributed by atoms with Gasteiger partial charge >= 0.3 is 0 Å². The van der Waals surface area contributed by atoms with Gasteiger partial charge in [-0.25, -0.2) is 0 Å². The number of hydrogen-bond donors (Lipinski definition) is 3. The Morgan fingerprint density at radius 2 is 2.04 bits per heavy atom. The lowest BCUT2D eigenvalue weighted by atomic mass is 10.1. The van der Waals surface area contributed by atoms with E-state index in [-0.39, 0.29) is 36.6 Å². The molecule has 0 bridgehead atoms. The fraction of sp³-hybridized carbons (Fsp3) is 0.278. The van der Waals surface area contributed by atoms with Crippen LogP contribution in [0.4, 0.5) is 5.69 Å². The highest BCUT2D eigenvalue weighted by molar-refractivity contribution is 5.98. The molecule has 1 unspecified atom stereocenters. The van der Waals surface area contributed by atoms with E-state index in [1.54, 1.807) is 30.5 Å². The van der Waals surface area contributed by atoms with E-state index < -0.39 is 6.10 Å². The van der Waals surface area contributed by atoms with Gasteiger partial charge < -0.3 is 20.7 Å². The second kappa shape index (κ2) is 11.5. The first-order valence-corrected chi connectivity index (χ1v) is 8.14. The Balaban J connectivity index is 0.00000182. The summed E-state index contributed by atoms with van der Waals surface area (Å²) in [6.07, 6.45) is 1.16. The predicted octanol–water partition coefficient (Wildman–Crippen LogP) is 1.78. The molecule has 1 aliphatic rings. The van der Waals surface area contributed by atoms with Gasteiger partial charge in [0, 0.05) is 30.5 Å². The number of benzene rings is 1. The molecule has 1 atom stereocenters. The molecule has 2 amide bonds. The van der Waals surface area contributed by atoms with E-state index in [0.29, 0.717) is 30.9 Å². The first kappa shape index (κ1) is 22.9. The fourth-order valence-corrected chi connectivity index (χ4v) is 2.47. The Kier molecular flexibility index (Phi) is 9.74. The van der Waals surface area contributed by atoms with Crippen LogP contribution in [-0.2, 0) is 16.1 Å². The number of morpholine rings is 1. The van der Waals surface area contributed by atoms with Crippen molar-refractivity contribution in [3.8, 4) is 0 Å². The summed E-state index contributed by atoms with van der Waals surface area (Å²) in [6.45, 7) is 2.08. The fourth-order valence-electron chi connectivity index (χ4n) is 2.47. The van der Waals surface area contributed by atoms with Crippen LogP contribution in [0.3, 0.4) is 0 Å². The molecule has 1 fully saturated rings. The lowest BCUT2D eigenvalue weighted by molar-refractivity contribution is -0.128. The summed E-state index contributed by atoms with van der Waals surface area (Å²) in [4.78, 5) is 28.6. The van der Waals surface area contributed by atoms with Gasteiger partial charge in [0.05, 0.1) is 18.8 Å². The Bertz CT molecular complexity index is 740. The minimum absolute atomic E-state index is 0. The molecular formula is C18H22Cl2N4O3. The highest BCUT2D eigenvalue weighted by Crippen LogP contribution is 2.12. The second-order valence-electron chi connectivity index (χ2n) is 5.64. The maximum Gasteiger partial charge on any atom is 0.254 e. The van der Waals surface area contributed by atoms with Crippen molar-refractivity contribution in [3.63, 3.8) is 0 Å². The molecule has 2 aromatic rings. The van der Waals surface area contributed by atoms with E-state index in [4.69, 9.17) is 4.74 Å². The topological polar surface area (TPSA) is 92.4 Å². The summed E-state index contributed by atoms with van der Waals surface area (Å²) >= 11 is 0. The number of aromatic nitrogens is 1. The van der Waals surface area contributed by atoms with Crippen molar-refractivity contribution in [1.29, 1.82) is 0 Å². The molecule has 0 saturated carbocycles. The third-order valence-electron chi connectivity index (χ3n) is 3.77. The van der Waals surface area contributed by atoms with Crippen LogP contribution in [0.5, 0.6) is 0 Å². The van der Waals surface area contributed by atoms with Crippen molar-refractivity contribution in [2.75, 3.05) is 25.0 Å². The molecule has 1 saturated heterocycles. The number of amides is 2. The Morgan fingerprint density at radius 1 is 1.19 bits per heavy atom. The van der Waals surface area contributed by atoms with Crippen LogP contribution >= 0.6 is 24.8 Å². The number of nitrogens with one attached hydrogen (secondary N) is 3. The number of ether oxygens (including phenoxy) is 1. The highest BCUT2D eigenvalue weighted by atomic mass is 35.5. The van der Waals surface area contributed by atoms with E-state index in [1.807, 2.05) is 18.2 Å². The molecule has 27 heavy (non-hydrogen) atoms. The van der Waals surface area contributed by atoms with Crippen molar-refractivity contribution in [1.82, 2.24) is 15.6 Å². The molecule has 2 heterocycles. The quantitative estimate of drug-likeness (QED) is 0.695. The highest BCUT2D eigenvalue weighted by Gasteiger charge is 2.21. The van der Waals surface area contributed by atoms with Crippen molar-refractivity contribution in [2.24, 2.45) is 0 Å². The van der Waals surface area contributed by atoms with Gasteiger partial charge in [0.1, 0.15) is 6.10 Å². The monoisotopic (exact) mass is 412 g/mol. The molecule has 0 radical (unpaired) electrons. The van der Waals surface area contributed by atoms with Crippen LogP contribution in [0.2, 0.25) is 0 Å². The van der Waals surface area contributed by atoms with Gasteiger partial charge in [-0.15, -0.1) is 24.8 Å². The van der Waals surface area contributed by atoms with Crippen LogP contribution in [0.25, 0.3) is 0 Å². The predicted molar refractivity (Wildman–Crippen MR) is 108 cm³/mol. The van der Waals surface area contributed by atoms with E-state index in [2.05, 4.69) is 20.9 Å². The normalized spacial score (nSPS) is 15.6. The molecule has 1 aliphatic heterocycles. The van der Waals surface area contributed by atoms with E-state index >= 15 is 0 Å². The van der Waals surface area contributed by atoms with Gasteiger partial charge in [-0.05, 0) is 30.3 Å². The van der Waals surface area contributed by atoms with Crippen molar-refractivity contribution < 1.29 is 14.3 Å². The van der Waals surface area contributed by atoms with E-state index in [0.717, 1.165) is 12.2 Å². The van der Waals surface area contributed by atoms with Crippen LogP contribution in [-0.4, -0.2) is 42.6 Å². The summed E-state index contributed by atoms with van der Waals surface area (Å²) in [5, 5.41) is 8.70. The zero-order valence-corrected chi connectivity index (χ0v) is 16.1. The number of anilines is 1. The average molecular weight is 413 g/mol. The molecule has 1 aromatic carbocycles. The van der Waals surface area contributed by atoms with Crippen LogP contribution < -0.4 is 16.0 Å². The summed E-state index contributed by atoms with van der Waals surface area (Å²) < 4.78 is 5.42. The van der Waals surface area contributed by atoms with Crippen molar-refractivity contribution in [2.45, 2.75) is 12.6 Å². The van der Waals surface area contributed by atoms with Crippen LogP contribution in [0.1, 0.15) is 16.1 Å². The Labute approximate surface area is 170 Å². The Morgan fingerprint density at radius 3 is 2.74 bits per heavy atom. The Hall–Kier alpha value is -2.19. The molecule has 3 rings (SSSR count). The number of nitrogens with zero attached hydrogens (tertiary/aromatic N) is 1. The molecule has 0 aliphatic carbocycles. The number of pyridine rings is 1. The zero-order valence-electron chi connectivity index (χ0n) is 14.5. The molecule has 9 heteroatoms. The number of carbonyl (C=O) groups excluding carboxylic acids is 2. The molecular weight excluding hydrogens is 391 g/mol. The van der Waals surface area contributed by atoms with Crippen LogP contribution in [0.15, 0.2) is 48.7 Å². The molecule has 3 N–H and O–H groups in total. The largest absolute Gasteiger partial charge is 0.366 e. The second-order valence-corrected chi connectivity index (χ2v) is 5.64. The summed E-state index contributed by atoms with van der Waals surface area (Å²) in [6, 6.07) is 12.3. The maximum atomic E-state index is 12.3. The summed E-state index contributed by atoms with van der Waals surface area (Å²) in [7, 11) is 0. The van der Waals surface area contributed by atoms with E-state index in [1.165, 1.54) is 0 Å². The standard InChI is InChI=1S/C18H20N4O3.2ClH/c23-17(21-11-15-5-1-2-7-20-15)13-4-3-6-14(10-13)22-18(24)16-12-19-8-9-25-16;;/h1-7,10,16,19H,8-9,11-12H2,(H,21,23)(H,22,24);2*1H. The third-order valence-corrected chi connectivity index (χ3v) is 3.77. The summed E-state index contributed by atoms with van der Waals surface area (Å²) in [5.74, 6) is -0.449. The van der Waals surface area contributed by atoms with Crippen molar-refractivity contribution in [3.05, 3.63) is 59.9 Å². The SMILES string of the molecule is Cl.Cl.O=C(NCc1ccccn1)c1cccc(NC(=O)C2CNCCO2)c1. The third kappa shape index (κ3) is 6.80. The lowest BCUT2D eigenvalue weighted by Crippen LogP contribution is -2.45. The number of halogens is 2. The smallest absolute Gasteiger partial charge is 0.254 e. The van der Waals surface area contributed by atoms with Gasteiger partial charge in [0.25, 0.3) is 11.8 Å². The zero-order chi connectivity index (χ0) is 17.5. The van der Waals surface area contributed by atoms with Gasteiger partial charge in [0.15, 0.2) is 0 Å². The molecule has 0 spiro atoms. The lowest BCUT2D eigenvalue weighted by Gasteiger charge is -2.22. The molecule has 1 aromatic heterocycles. The van der Waals surface area contributed by atoms with Crippen LogP contribution in [0, 0.1) is 0 Å². The number of hydrogen-bond acceptors (Lipinski definition) is 5. The van der Waals surface area contributed by atoms with Gasteiger partial charge in [-0.2, -0.15) is 0 Å². The minimum Gasteiger partial charge on any atom is -0.366 e. The van der Waals surface area contributed by atoms with E-state index in [9.17, 15) is 9.59 Å². The first-order valence-electron chi connectivity index (χ1n) is 8.14. The maximum absolute atomic E-state index is 12.3. The number of rotatable bonds is 5. The van der Waals surface area contributed by atoms with Gasteiger partial charge in [-0.3, -0.25) is 14.6 Å². The summed E-state index contributed by atoms with van der Waals surface area (Å²) in [5.41, 5.74) is 1.81. The minimum atomic E-state index is -0.518.